The number of nitrogens with zero attached hydrogens (tertiary/aromatic N) is 1. The molecule has 0 spiro atoms. The minimum atomic E-state index is -2.45. The van der Waals surface area contributed by atoms with Gasteiger partial charge in [0.05, 0.1) is 24.2 Å². The molecule has 172 valence electrons. The van der Waals surface area contributed by atoms with Crippen molar-refractivity contribution in [2.75, 3.05) is 33.3 Å². The third-order valence-corrected chi connectivity index (χ3v) is 7.58. The second-order valence-corrected chi connectivity index (χ2v) is 9.41. The van der Waals surface area contributed by atoms with Crippen molar-refractivity contribution < 1.29 is 18.3 Å². The van der Waals surface area contributed by atoms with Crippen LogP contribution in [0.25, 0.3) is 0 Å². The number of carbonyl (C=O) groups excluding carboxylic acids is 1. The molecule has 9 heteroatoms. The van der Waals surface area contributed by atoms with Crippen LogP contribution >= 0.6 is 0 Å². The Hall–Kier alpha value is -0.870. The molecule has 7 nitrogen and oxygen atoms in total. The molecule has 3 heterocycles. The molecule has 7 atom stereocenters. The number of fused-ring (bicyclic) bond motifs is 1. The third-order valence-electron chi connectivity index (χ3n) is 7.58. The minimum absolute atomic E-state index is 0.0475. The predicted octanol–water partition coefficient (Wildman–Crippen LogP) is 1.07. The number of methoxy groups -OCH3 is 1. The van der Waals surface area contributed by atoms with Gasteiger partial charge in [-0.1, -0.05) is 12.8 Å². The summed E-state index contributed by atoms with van der Waals surface area (Å²) in [5.41, 5.74) is 3.09. The van der Waals surface area contributed by atoms with Gasteiger partial charge in [0, 0.05) is 32.2 Å². The van der Waals surface area contributed by atoms with Gasteiger partial charge in [-0.15, -0.1) is 0 Å². The lowest BCUT2D eigenvalue weighted by atomic mass is 9.78. The van der Waals surface area contributed by atoms with Crippen molar-refractivity contribution in [3.63, 3.8) is 0 Å². The Labute approximate surface area is 178 Å². The summed E-state index contributed by atoms with van der Waals surface area (Å²) in [5, 5.41) is 11.6. The zero-order valence-corrected chi connectivity index (χ0v) is 17.9. The van der Waals surface area contributed by atoms with Gasteiger partial charge in [0.1, 0.15) is 0 Å². The maximum atomic E-state index is 13.9. The van der Waals surface area contributed by atoms with E-state index in [0.717, 1.165) is 51.6 Å². The molecule has 4 fully saturated rings. The first-order valence-electron chi connectivity index (χ1n) is 11.7. The van der Waals surface area contributed by atoms with Crippen molar-refractivity contribution in [2.24, 2.45) is 17.8 Å². The van der Waals surface area contributed by atoms with Crippen LogP contribution in [0.2, 0.25) is 0 Å². The normalized spacial score (nSPS) is 40.3. The summed E-state index contributed by atoms with van der Waals surface area (Å²) >= 11 is 0. The lowest BCUT2D eigenvalue weighted by Gasteiger charge is -2.47. The number of alkyl halides is 2. The van der Waals surface area contributed by atoms with Gasteiger partial charge in [0.15, 0.2) is 0 Å². The fourth-order valence-corrected chi connectivity index (χ4v) is 5.90. The number of rotatable bonds is 6. The van der Waals surface area contributed by atoms with Crippen LogP contribution in [0.15, 0.2) is 0 Å². The SMILES string of the molecule is COC1CCCCC1C1CC(C(F)F)N2NCC(C(=O)NCC3CCCNC3)C2N1. The lowest BCUT2D eigenvalue weighted by molar-refractivity contribution is -0.128. The molecular weight excluding hydrogens is 392 g/mol. The lowest BCUT2D eigenvalue weighted by Crippen LogP contribution is -2.66. The van der Waals surface area contributed by atoms with Gasteiger partial charge in [-0.25, -0.2) is 13.8 Å². The van der Waals surface area contributed by atoms with Crippen LogP contribution in [0.4, 0.5) is 8.78 Å². The quantitative estimate of drug-likeness (QED) is 0.506. The predicted molar refractivity (Wildman–Crippen MR) is 110 cm³/mol. The highest BCUT2D eigenvalue weighted by Gasteiger charge is 2.51. The summed E-state index contributed by atoms with van der Waals surface area (Å²) in [5.74, 6) is 0.229. The second kappa shape index (κ2) is 10.2. The van der Waals surface area contributed by atoms with Gasteiger partial charge in [-0.2, -0.15) is 0 Å². The van der Waals surface area contributed by atoms with Crippen LogP contribution in [0, 0.1) is 17.8 Å². The summed E-state index contributed by atoms with van der Waals surface area (Å²) in [6, 6.07) is -0.950. The zero-order chi connectivity index (χ0) is 21.1. The molecule has 3 aliphatic heterocycles. The number of carbonyl (C=O) groups is 1. The molecule has 0 bridgehead atoms. The Kier molecular flexibility index (Phi) is 7.57. The Morgan fingerprint density at radius 1 is 1.20 bits per heavy atom. The number of halogens is 2. The van der Waals surface area contributed by atoms with E-state index in [-0.39, 0.29) is 29.9 Å². The molecule has 1 aliphatic carbocycles. The van der Waals surface area contributed by atoms with Gasteiger partial charge in [-0.05, 0) is 51.1 Å². The number of ether oxygens (including phenoxy) is 1. The highest BCUT2D eigenvalue weighted by Crippen LogP contribution is 2.36. The zero-order valence-electron chi connectivity index (χ0n) is 17.9. The third kappa shape index (κ3) is 4.80. The van der Waals surface area contributed by atoms with E-state index < -0.39 is 18.6 Å². The first kappa shape index (κ1) is 22.3. The largest absolute Gasteiger partial charge is 0.381 e. The van der Waals surface area contributed by atoms with Crippen LogP contribution in [0.3, 0.4) is 0 Å². The smallest absolute Gasteiger partial charge is 0.255 e. The highest BCUT2D eigenvalue weighted by atomic mass is 19.3. The van der Waals surface area contributed by atoms with Gasteiger partial charge < -0.3 is 15.4 Å². The van der Waals surface area contributed by atoms with Gasteiger partial charge in [0.25, 0.3) is 6.43 Å². The van der Waals surface area contributed by atoms with E-state index in [2.05, 4.69) is 21.4 Å². The average Bonchev–Trinajstić information content (AvgIpc) is 3.21. The number of piperidine rings is 1. The van der Waals surface area contributed by atoms with Crippen LogP contribution in [-0.4, -0.2) is 75.0 Å². The van der Waals surface area contributed by atoms with Crippen molar-refractivity contribution in [3.8, 4) is 0 Å². The molecule has 1 amide bonds. The molecule has 4 N–H and O–H groups in total. The monoisotopic (exact) mass is 429 g/mol. The van der Waals surface area contributed by atoms with Crippen LogP contribution in [0.5, 0.6) is 0 Å². The van der Waals surface area contributed by atoms with E-state index in [1.807, 2.05) is 0 Å². The Balaban J connectivity index is 1.42. The van der Waals surface area contributed by atoms with E-state index in [4.69, 9.17) is 4.74 Å². The van der Waals surface area contributed by atoms with E-state index in [0.29, 0.717) is 25.4 Å². The minimum Gasteiger partial charge on any atom is -0.381 e. The van der Waals surface area contributed by atoms with Crippen LogP contribution in [0.1, 0.15) is 44.9 Å². The molecule has 4 aliphatic rings. The second-order valence-electron chi connectivity index (χ2n) is 9.41. The Morgan fingerprint density at radius 3 is 2.77 bits per heavy atom. The standard InChI is InChI=1S/C21H37F2N5O2/c1-30-18-7-3-2-6-14(18)16-9-17(19(22)23)28-20(27-16)15(12-26-28)21(29)25-11-13-5-4-8-24-10-13/h13-20,24,26-27H,2-12H2,1H3,(H,25,29). The number of hydrogen-bond donors (Lipinski definition) is 4. The maximum absolute atomic E-state index is 13.9. The molecule has 30 heavy (non-hydrogen) atoms. The number of hydrogen-bond acceptors (Lipinski definition) is 6. The summed E-state index contributed by atoms with van der Waals surface area (Å²) in [4.78, 5) is 13.0. The van der Waals surface area contributed by atoms with Gasteiger partial charge in [0.2, 0.25) is 5.91 Å². The van der Waals surface area contributed by atoms with Crippen molar-refractivity contribution in [1.29, 1.82) is 0 Å². The van der Waals surface area contributed by atoms with Gasteiger partial charge in [-0.3, -0.25) is 15.5 Å². The fraction of sp³-hybridized carbons (Fsp3) is 0.952. The maximum Gasteiger partial charge on any atom is 0.255 e. The number of nitrogens with one attached hydrogen (secondary N) is 4. The molecule has 0 aromatic rings. The molecular formula is C21H37F2N5O2. The van der Waals surface area contributed by atoms with E-state index >= 15 is 0 Å². The first-order valence-corrected chi connectivity index (χ1v) is 11.7. The molecule has 4 rings (SSSR count). The van der Waals surface area contributed by atoms with Crippen LogP contribution < -0.4 is 21.4 Å². The molecule has 0 aromatic heterocycles. The summed E-state index contributed by atoms with van der Waals surface area (Å²) < 4.78 is 33.6. The Bertz CT molecular complexity index is 578. The van der Waals surface area contributed by atoms with E-state index in [1.165, 1.54) is 0 Å². The van der Waals surface area contributed by atoms with Crippen molar-refractivity contribution in [3.05, 3.63) is 0 Å². The van der Waals surface area contributed by atoms with Crippen molar-refractivity contribution in [2.45, 2.75) is 75.7 Å². The van der Waals surface area contributed by atoms with Crippen LogP contribution in [-0.2, 0) is 9.53 Å². The number of hydrazine groups is 1. The van der Waals surface area contributed by atoms with E-state index in [9.17, 15) is 13.6 Å². The molecule has 3 saturated heterocycles. The molecule has 1 saturated carbocycles. The van der Waals surface area contributed by atoms with Gasteiger partial charge >= 0.3 is 0 Å². The topological polar surface area (TPSA) is 77.7 Å². The molecule has 0 aromatic carbocycles. The Morgan fingerprint density at radius 2 is 2.03 bits per heavy atom. The molecule has 7 unspecified atom stereocenters. The summed E-state index contributed by atoms with van der Waals surface area (Å²) in [6.07, 6.45) is 4.03. The summed E-state index contributed by atoms with van der Waals surface area (Å²) in [7, 11) is 1.72. The molecule has 0 radical (unpaired) electrons. The first-order chi connectivity index (χ1) is 14.6. The van der Waals surface area contributed by atoms with Crippen molar-refractivity contribution >= 4 is 5.91 Å². The van der Waals surface area contributed by atoms with E-state index in [1.54, 1.807) is 12.1 Å². The number of amides is 1. The van der Waals surface area contributed by atoms with Crippen molar-refractivity contribution in [1.82, 2.24) is 26.4 Å². The summed E-state index contributed by atoms with van der Waals surface area (Å²) in [6.45, 7) is 3.00. The highest BCUT2D eigenvalue weighted by molar-refractivity contribution is 5.80. The fourth-order valence-electron chi connectivity index (χ4n) is 5.90. The average molecular weight is 430 g/mol.